The van der Waals surface area contributed by atoms with Gasteiger partial charge in [-0.1, -0.05) is 13.8 Å². The van der Waals surface area contributed by atoms with Crippen molar-refractivity contribution in [3.8, 4) is 5.75 Å². The summed E-state index contributed by atoms with van der Waals surface area (Å²) in [5, 5.41) is 9.24. The Kier molecular flexibility index (Phi) is 3.20. The molecular weight excluding hydrogens is 289 g/mol. The third-order valence-corrected chi connectivity index (χ3v) is 4.01. The molecule has 3 rings (SSSR count). The van der Waals surface area contributed by atoms with Crippen LogP contribution in [0.3, 0.4) is 0 Å². The van der Waals surface area contributed by atoms with E-state index in [0.717, 1.165) is 6.07 Å². The number of rotatable bonds is 2. The molecule has 5 nitrogen and oxygen atoms in total. The lowest BCUT2D eigenvalue weighted by atomic mass is 9.97. The molecule has 1 aliphatic rings. The Labute approximate surface area is 125 Å². The second-order valence-corrected chi connectivity index (χ2v) is 5.90. The van der Waals surface area contributed by atoms with Crippen LogP contribution in [0.2, 0.25) is 0 Å². The summed E-state index contributed by atoms with van der Waals surface area (Å²) < 4.78 is 21.8. The van der Waals surface area contributed by atoms with Crippen molar-refractivity contribution in [2.24, 2.45) is 0 Å². The molecule has 0 aliphatic carbocycles. The van der Waals surface area contributed by atoms with Gasteiger partial charge in [0.2, 0.25) is 5.43 Å². The minimum atomic E-state index is -1.32. The summed E-state index contributed by atoms with van der Waals surface area (Å²) in [6, 6.07) is 0.986. The molecule has 0 saturated heterocycles. The van der Waals surface area contributed by atoms with Crippen LogP contribution < -0.4 is 10.2 Å². The van der Waals surface area contributed by atoms with E-state index in [-0.39, 0.29) is 22.9 Å². The number of hydrogen-bond donors (Lipinski definition) is 1. The van der Waals surface area contributed by atoms with Crippen molar-refractivity contribution in [1.29, 1.82) is 0 Å². The lowest BCUT2D eigenvalue weighted by molar-refractivity contribution is 0.0694. The van der Waals surface area contributed by atoms with Crippen molar-refractivity contribution in [2.45, 2.75) is 32.7 Å². The number of pyridine rings is 1. The van der Waals surface area contributed by atoms with Crippen LogP contribution in [0.4, 0.5) is 4.39 Å². The van der Waals surface area contributed by atoms with Crippen molar-refractivity contribution in [2.75, 3.05) is 6.61 Å². The number of halogens is 1. The first-order valence-corrected chi connectivity index (χ1v) is 7.10. The number of carboxylic acids is 1. The fourth-order valence-corrected chi connectivity index (χ4v) is 2.94. The van der Waals surface area contributed by atoms with E-state index in [4.69, 9.17) is 4.74 Å². The van der Waals surface area contributed by atoms with Gasteiger partial charge in [0, 0.05) is 11.8 Å². The first kappa shape index (κ1) is 14.6. The molecular formula is C16H16FNO4. The van der Waals surface area contributed by atoms with E-state index < -0.39 is 17.2 Å². The molecule has 6 heteroatoms. The van der Waals surface area contributed by atoms with E-state index in [0.29, 0.717) is 23.4 Å². The van der Waals surface area contributed by atoms with Crippen molar-refractivity contribution in [3.05, 3.63) is 39.4 Å². The summed E-state index contributed by atoms with van der Waals surface area (Å²) in [5.74, 6) is -1.63. The number of carboxylic acid groups (broad SMARTS) is 1. The van der Waals surface area contributed by atoms with Crippen LogP contribution in [0.25, 0.3) is 10.9 Å². The van der Waals surface area contributed by atoms with Gasteiger partial charge in [-0.15, -0.1) is 0 Å². The van der Waals surface area contributed by atoms with Gasteiger partial charge >= 0.3 is 5.97 Å². The molecule has 1 aromatic carbocycles. The molecule has 1 atom stereocenters. The Hall–Kier alpha value is -2.37. The Bertz CT molecular complexity index is 854. The first-order chi connectivity index (χ1) is 10.3. The van der Waals surface area contributed by atoms with Crippen LogP contribution in [0.5, 0.6) is 5.75 Å². The average molecular weight is 305 g/mol. The molecule has 0 fully saturated rings. The number of nitrogens with zero attached hydrogens (tertiary/aromatic N) is 1. The van der Waals surface area contributed by atoms with Crippen molar-refractivity contribution < 1.29 is 19.0 Å². The highest BCUT2D eigenvalue weighted by Gasteiger charge is 2.28. The van der Waals surface area contributed by atoms with Gasteiger partial charge in [0.05, 0.1) is 16.9 Å². The van der Waals surface area contributed by atoms with Crippen molar-refractivity contribution >= 4 is 16.9 Å². The number of carbonyl (C=O) groups is 1. The predicted octanol–water partition coefficient (Wildman–Crippen LogP) is 2.92. The Morgan fingerprint density at radius 2 is 2.18 bits per heavy atom. The standard InChI is InChI=1S/C16H16FNO4/c1-7(2)12-11(17)4-9-13-15(12)22-6-8(3)18(13)5-10(14(9)19)16(20)21/h4-5,7-8H,6H2,1-3H3,(H,20,21). The van der Waals surface area contributed by atoms with E-state index in [1.54, 1.807) is 4.57 Å². The number of aromatic carboxylic acids is 1. The molecule has 116 valence electrons. The topological polar surface area (TPSA) is 68.5 Å². The lowest BCUT2D eigenvalue weighted by Gasteiger charge is -2.29. The molecule has 1 N–H and O–H groups in total. The van der Waals surface area contributed by atoms with Crippen LogP contribution in [-0.4, -0.2) is 22.2 Å². The third-order valence-electron chi connectivity index (χ3n) is 4.01. The molecule has 2 aromatic rings. The first-order valence-electron chi connectivity index (χ1n) is 7.10. The second-order valence-electron chi connectivity index (χ2n) is 5.90. The van der Waals surface area contributed by atoms with Gasteiger partial charge in [0.15, 0.2) is 0 Å². The van der Waals surface area contributed by atoms with Gasteiger partial charge in [0.1, 0.15) is 23.7 Å². The Morgan fingerprint density at radius 1 is 1.50 bits per heavy atom. The monoisotopic (exact) mass is 305 g/mol. The average Bonchev–Trinajstić information content (AvgIpc) is 2.43. The van der Waals surface area contributed by atoms with Crippen LogP contribution in [-0.2, 0) is 0 Å². The number of ether oxygens (including phenoxy) is 1. The summed E-state index contributed by atoms with van der Waals surface area (Å²) in [4.78, 5) is 23.6. The van der Waals surface area contributed by atoms with Crippen molar-refractivity contribution in [3.63, 3.8) is 0 Å². The van der Waals surface area contributed by atoms with Gasteiger partial charge < -0.3 is 14.4 Å². The molecule has 22 heavy (non-hydrogen) atoms. The molecule has 0 radical (unpaired) electrons. The van der Waals surface area contributed by atoms with Crippen LogP contribution >= 0.6 is 0 Å². The van der Waals surface area contributed by atoms with E-state index >= 15 is 0 Å². The minimum Gasteiger partial charge on any atom is -0.489 e. The highest BCUT2D eigenvalue weighted by molar-refractivity contribution is 5.95. The van der Waals surface area contributed by atoms with Gasteiger partial charge in [-0.2, -0.15) is 0 Å². The van der Waals surface area contributed by atoms with Gasteiger partial charge in [0.25, 0.3) is 0 Å². The van der Waals surface area contributed by atoms with Crippen LogP contribution in [0, 0.1) is 5.82 Å². The smallest absolute Gasteiger partial charge is 0.341 e. The maximum atomic E-state index is 14.4. The zero-order valence-corrected chi connectivity index (χ0v) is 12.5. The molecule has 0 amide bonds. The third kappa shape index (κ3) is 1.90. The largest absolute Gasteiger partial charge is 0.489 e. The summed E-state index contributed by atoms with van der Waals surface area (Å²) in [6.45, 7) is 5.84. The molecule has 1 aromatic heterocycles. The molecule has 1 unspecified atom stereocenters. The summed E-state index contributed by atoms with van der Waals surface area (Å²) in [7, 11) is 0. The predicted molar refractivity (Wildman–Crippen MR) is 79.4 cm³/mol. The lowest BCUT2D eigenvalue weighted by Crippen LogP contribution is -2.27. The van der Waals surface area contributed by atoms with E-state index in [1.165, 1.54) is 6.20 Å². The van der Waals surface area contributed by atoms with E-state index in [9.17, 15) is 19.1 Å². The SMILES string of the molecule is CC(C)c1c(F)cc2c(=O)c(C(=O)O)cn3c2c1OCC3C. The normalized spacial score (nSPS) is 16.9. The van der Waals surface area contributed by atoms with Crippen molar-refractivity contribution in [1.82, 2.24) is 4.57 Å². The number of hydrogen-bond acceptors (Lipinski definition) is 3. The second kappa shape index (κ2) is 4.83. The van der Waals surface area contributed by atoms with E-state index in [2.05, 4.69) is 0 Å². The minimum absolute atomic E-state index is 0.0448. The fourth-order valence-electron chi connectivity index (χ4n) is 2.94. The van der Waals surface area contributed by atoms with E-state index in [1.807, 2.05) is 20.8 Å². The summed E-state index contributed by atoms with van der Waals surface area (Å²) in [6.07, 6.45) is 1.33. The number of benzene rings is 1. The van der Waals surface area contributed by atoms with Gasteiger partial charge in [-0.3, -0.25) is 4.79 Å². The summed E-state index contributed by atoms with van der Waals surface area (Å²) >= 11 is 0. The fraction of sp³-hybridized carbons (Fsp3) is 0.375. The number of aromatic nitrogens is 1. The Morgan fingerprint density at radius 3 is 2.77 bits per heavy atom. The van der Waals surface area contributed by atoms with Crippen LogP contribution in [0.15, 0.2) is 17.1 Å². The highest BCUT2D eigenvalue weighted by Crippen LogP contribution is 2.39. The van der Waals surface area contributed by atoms with Gasteiger partial charge in [-0.25, -0.2) is 9.18 Å². The molecule has 0 saturated carbocycles. The quantitative estimate of drug-likeness (QED) is 0.926. The van der Waals surface area contributed by atoms with Crippen LogP contribution in [0.1, 0.15) is 48.7 Å². The van der Waals surface area contributed by atoms with Gasteiger partial charge in [-0.05, 0) is 18.9 Å². The summed E-state index contributed by atoms with van der Waals surface area (Å²) in [5.41, 5.74) is -0.162. The highest BCUT2D eigenvalue weighted by atomic mass is 19.1. The molecule has 0 bridgehead atoms. The molecule has 1 aliphatic heterocycles. The zero-order valence-electron chi connectivity index (χ0n) is 12.5. The molecule has 2 heterocycles. The zero-order chi connectivity index (χ0) is 16.2. The molecule has 0 spiro atoms. The maximum absolute atomic E-state index is 14.4. The Balaban J connectivity index is 2.54. The maximum Gasteiger partial charge on any atom is 0.341 e.